The van der Waals surface area contributed by atoms with Gasteiger partial charge in [-0.05, 0) is 54.4 Å². The Kier molecular flexibility index (Phi) is 11.5. The molecule has 4 rings (SSSR count). The van der Waals surface area contributed by atoms with Gasteiger partial charge in [-0.25, -0.2) is 9.59 Å². The van der Waals surface area contributed by atoms with Crippen LogP contribution in [-0.4, -0.2) is 66.0 Å². The van der Waals surface area contributed by atoms with Crippen molar-refractivity contribution < 1.29 is 33.8 Å². The number of esters is 1. The summed E-state index contributed by atoms with van der Waals surface area (Å²) in [6.07, 6.45) is -0.398. The summed E-state index contributed by atoms with van der Waals surface area (Å²) in [4.78, 5) is 66.3. The number of hydrogen-bond acceptors (Lipinski definition) is 6. The monoisotopic (exact) mass is 682 g/mol. The van der Waals surface area contributed by atoms with Gasteiger partial charge in [-0.3, -0.25) is 19.3 Å². The number of rotatable bonds is 12. The fraction of sp³-hybridized carbons (Fsp3) is 0.324. The molecule has 3 aromatic carbocycles. The third-order valence-electron chi connectivity index (χ3n) is 7.85. The summed E-state index contributed by atoms with van der Waals surface area (Å²) in [5, 5.41) is 16.2. The first kappa shape index (κ1) is 35.2. The van der Waals surface area contributed by atoms with Crippen molar-refractivity contribution in [1.29, 1.82) is 0 Å². The van der Waals surface area contributed by atoms with Crippen LogP contribution >= 0.6 is 23.2 Å². The number of aryl methyl sites for hydroxylation is 1. The zero-order valence-electron chi connectivity index (χ0n) is 26.2. The number of carbonyl (C=O) groups is 5. The minimum atomic E-state index is -1.17. The molecule has 4 amide bonds. The molecule has 0 radical (unpaired) electrons. The number of nitrogens with one attached hydrogen (secondary N) is 2. The lowest BCUT2D eigenvalue weighted by Gasteiger charge is -2.47. The number of benzene rings is 3. The normalized spacial score (nSPS) is 16.7. The molecule has 0 aromatic heterocycles. The van der Waals surface area contributed by atoms with Gasteiger partial charge in [-0.2, -0.15) is 0 Å². The van der Waals surface area contributed by atoms with Crippen LogP contribution in [0.25, 0.3) is 0 Å². The van der Waals surface area contributed by atoms with Crippen LogP contribution in [0.15, 0.2) is 66.7 Å². The number of anilines is 2. The number of hydrogen-bond donors (Lipinski definition) is 3. The number of carbonyl (C=O) groups excluding carboxylic acids is 4. The van der Waals surface area contributed by atoms with Crippen molar-refractivity contribution in [3.05, 3.63) is 93.5 Å². The van der Waals surface area contributed by atoms with Crippen LogP contribution in [0.1, 0.15) is 36.5 Å². The van der Waals surface area contributed by atoms with E-state index in [4.69, 9.17) is 27.9 Å². The van der Waals surface area contributed by atoms with Crippen molar-refractivity contribution >= 4 is 64.4 Å². The molecule has 0 aliphatic carbocycles. The van der Waals surface area contributed by atoms with Gasteiger partial charge in [0, 0.05) is 66.2 Å². The fourth-order valence-electron chi connectivity index (χ4n) is 5.70. The second-order valence-electron chi connectivity index (χ2n) is 11.8. The number of urea groups is 1. The molecule has 1 aliphatic rings. The highest BCUT2D eigenvalue weighted by atomic mass is 35.5. The molecule has 11 nitrogen and oxygen atoms in total. The summed E-state index contributed by atoms with van der Waals surface area (Å²) in [5.74, 6) is -2.50. The van der Waals surface area contributed by atoms with Crippen molar-refractivity contribution in [3.8, 4) is 0 Å². The van der Waals surface area contributed by atoms with Crippen molar-refractivity contribution in [2.75, 3.05) is 30.4 Å². The minimum absolute atomic E-state index is 0.00350. The second-order valence-corrected chi connectivity index (χ2v) is 12.6. The van der Waals surface area contributed by atoms with E-state index in [-0.39, 0.29) is 50.8 Å². The molecule has 13 heteroatoms. The second kappa shape index (κ2) is 15.3. The van der Waals surface area contributed by atoms with Gasteiger partial charge in [-0.1, -0.05) is 59.1 Å². The van der Waals surface area contributed by atoms with E-state index in [0.717, 1.165) is 5.56 Å². The van der Waals surface area contributed by atoms with Crippen LogP contribution < -0.4 is 15.5 Å². The van der Waals surface area contributed by atoms with Gasteiger partial charge in [0.1, 0.15) is 6.04 Å². The standard InChI is InChI=1S/C34H36Cl2N4O7/c1-21-4-12-27(13-5-21)40-20-34(17-31(43)44,19-39(33(40)46)18-24-8-9-25(35)15-28(24)36)16-30(42)38-26-10-6-23(7-11-26)14-29(32(45)47-3)37-22(2)41/h4-13,15,29H,14,16-20H2,1-3H3,(H,37,41)(H,38,42)(H,43,44)/t29-,34?/m0/s1. The average molecular weight is 684 g/mol. The number of methoxy groups -OCH3 is 1. The summed E-state index contributed by atoms with van der Waals surface area (Å²) >= 11 is 12.5. The Hall–Kier alpha value is -4.61. The Bertz CT molecular complexity index is 1650. The Morgan fingerprint density at radius 2 is 1.66 bits per heavy atom. The molecule has 1 fully saturated rings. The van der Waals surface area contributed by atoms with Gasteiger partial charge in [0.25, 0.3) is 0 Å². The predicted octanol–water partition coefficient (Wildman–Crippen LogP) is 5.45. The summed E-state index contributed by atoms with van der Waals surface area (Å²) in [6.45, 7) is 3.29. The van der Waals surface area contributed by atoms with E-state index in [0.29, 0.717) is 32.5 Å². The largest absolute Gasteiger partial charge is 0.481 e. The number of halogens is 2. The van der Waals surface area contributed by atoms with Crippen molar-refractivity contribution in [2.45, 2.75) is 45.7 Å². The molecular weight excluding hydrogens is 647 g/mol. The average Bonchev–Trinajstić information content (AvgIpc) is 3.00. The van der Waals surface area contributed by atoms with Crippen LogP contribution in [0, 0.1) is 12.3 Å². The topological polar surface area (TPSA) is 145 Å². The van der Waals surface area contributed by atoms with Gasteiger partial charge in [-0.15, -0.1) is 0 Å². The van der Waals surface area contributed by atoms with Gasteiger partial charge < -0.3 is 25.4 Å². The Morgan fingerprint density at radius 1 is 0.979 bits per heavy atom. The first-order valence-electron chi connectivity index (χ1n) is 14.8. The molecule has 0 saturated carbocycles. The van der Waals surface area contributed by atoms with Crippen LogP contribution in [0.2, 0.25) is 10.0 Å². The highest BCUT2D eigenvalue weighted by Gasteiger charge is 2.46. The van der Waals surface area contributed by atoms with Gasteiger partial charge >= 0.3 is 18.0 Å². The number of amides is 4. The molecule has 3 aromatic rings. The van der Waals surface area contributed by atoms with E-state index in [1.807, 2.05) is 19.1 Å². The number of carboxylic acid groups (broad SMARTS) is 1. The molecule has 1 heterocycles. The Morgan fingerprint density at radius 3 is 2.26 bits per heavy atom. The maximum absolute atomic E-state index is 13.9. The summed E-state index contributed by atoms with van der Waals surface area (Å²) in [5.41, 5.74) is 2.18. The molecule has 3 N–H and O–H groups in total. The molecule has 1 unspecified atom stereocenters. The molecule has 2 atom stereocenters. The molecule has 0 bridgehead atoms. The third-order valence-corrected chi connectivity index (χ3v) is 8.43. The lowest BCUT2D eigenvalue weighted by molar-refractivity contribution is -0.144. The molecule has 248 valence electrons. The number of nitrogens with zero attached hydrogens (tertiary/aromatic N) is 2. The van der Waals surface area contributed by atoms with Crippen molar-refractivity contribution in [2.24, 2.45) is 5.41 Å². The number of aliphatic carboxylic acids is 1. The lowest BCUT2D eigenvalue weighted by Crippen LogP contribution is -2.59. The van der Waals surface area contributed by atoms with E-state index in [9.17, 15) is 29.1 Å². The van der Waals surface area contributed by atoms with Gasteiger partial charge in [0.15, 0.2) is 0 Å². The van der Waals surface area contributed by atoms with Crippen LogP contribution in [0.3, 0.4) is 0 Å². The summed E-state index contributed by atoms with van der Waals surface area (Å²) in [7, 11) is 1.24. The first-order chi connectivity index (χ1) is 22.3. The molecule has 0 spiro atoms. The summed E-state index contributed by atoms with van der Waals surface area (Å²) < 4.78 is 4.78. The van der Waals surface area contributed by atoms with Crippen LogP contribution in [-0.2, 0) is 36.9 Å². The van der Waals surface area contributed by atoms with E-state index in [1.54, 1.807) is 54.6 Å². The molecule has 1 saturated heterocycles. The minimum Gasteiger partial charge on any atom is -0.481 e. The van der Waals surface area contributed by atoms with Gasteiger partial charge in [0.2, 0.25) is 11.8 Å². The Labute approximate surface area is 282 Å². The van der Waals surface area contributed by atoms with E-state index in [1.165, 1.54) is 23.8 Å². The van der Waals surface area contributed by atoms with Gasteiger partial charge in [0.05, 0.1) is 13.5 Å². The highest BCUT2D eigenvalue weighted by Crippen LogP contribution is 2.38. The van der Waals surface area contributed by atoms with E-state index in [2.05, 4.69) is 10.6 Å². The number of carboxylic acids is 1. The smallest absolute Gasteiger partial charge is 0.328 e. The SMILES string of the molecule is COC(=O)[C@H](Cc1ccc(NC(=O)CC2(CC(=O)O)CN(Cc3ccc(Cl)cc3Cl)C(=O)N(c3ccc(C)cc3)C2)cc1)NC(C)=O. The highest BCUT2D eigenvalue weighted by molar-refractivity contribution is 6.35. The zero-order chi connectivity index (χ0) is 34.3. The maximum atomic E-state index is 13.9. The van der Waals surface area contributed by atoms with Crippen molar-refractivity contribution in [1.82, 2.24) is 10.2 Å². The lowest BCUT2D eigenvalue weighted by atomic mass is 9.78. The van der Waals surface area contributed by atoms with Crippen LogP contribution in [0.5, 0.6) is 0 Å². The van der Waals surface area contributed by atoms with Crippen molar-refractivity contribution in [3.63, 3.8) is 0 Å². The quantitative estimate of drug-likeness (QED) is 0.215. The summed E-state index contributed by atoms with van der Waals surface area (Å²) in [6, 6.07) is 17.7. The molecular formula is C34H36Cl2N4O7. The van der Waals surface area contributed by atoms with E-state index < -0.39 is 29.3 Å². The molecule has 1 aliphatic heterocycles. The predicted molar refractivity (Wildman–Crippen MR) is 178 cm³/mol. The molecule has 47 heavy (non-hydrogen) atoms. The Balaban J connectivity index is 1.58. The third kappa shape index (κ3) is 9.46. The van der Waals surface area contributed by atoms with Crippen LogP contribution in [0.4, 0.5) is 16.2 Å². The zero-order valence-corrected chi connectivity index (χ0v) is 27.7. The first-order valence-corrected chi connectivity index (χ1v) is 15.6. The fourth-order valence-corrected chi connectivity index (χ4v) is 6.16. The maximum Gasteiger partial charge on any atom is 0.328 e. The number of ether oxygens (including phenoxy) is 1. The van der Waals surface area contributed by atoms with E-state index >= 15 is 0 Å².